The molecule has 0 aliphatic carbocycles. The van der Waals surface area contributed by atoms with E-state index in [0.717, 1.165) is 20.8 Å². The van der Waals surface area contributed by atoms with Gasteiger partial charge in [0.2, 0.25) is 0 Å². The normalized spacial score (nSPS) is 14.3. The number of amides is 4. The number of aryl methyl sites for hydroxylation is 1. The van der Waals surface area contributed by atoms with Gasteiger partial charge in [-0.2, -0.15) is 0 Å². The van der Waals surface area contributed by atoms with Crippen molar-refractivity contribution in [3.8, 4) is 0 Å². The number of aromatic nitrogens is 1. The minimum atomic E-state index is -1.22. The first-order valence-corrected chi connectivity index (χ1v) is 12.6. The molecule has 4 amide bonds. The Kier molecular flexibility index (Phi) is 5.01. The van der Waals surface area contributed by atoms with Crippen LogP contribution in [-0.4, -0.2) is 50.3 Å². The number of anilines is 2. The molecular formula is C31H17N3O8. The summed E-state index contributed by atoms with van der Waals surface area (Å²) in [6.45, 7) is 0. The molecule has 2 aliphatic rings. The van der Waals surface area contributed by atoms with Crippen LogP contribution in [0.3, 0.4) is 0 Å². The van der Waals surface area contributed by atoms with Gasteiger partial charge in [0.1, 0.15) is 0 Å². The largest absolute Gasteiger partial charge is 0.478 e. The van der Waals surface area contributed by atoms with E-state index in [1.165, 1.54) is 36.4 Å². The van der Waals surface area contributed by atoms with Gasteiger partial charge in [0.05, 0.1) is 44.8 Å². The molecule has 3 heterocycles. The summed E-state index contributed by atoms with van der Waals surface area (Å²) in [5, 5.41) is 19.9. The third kappa shape index (κ3) is 3.27. The standard InChI is InChI=1S/C31H17N3O8/c1-32-24-8-4-16(33-26(35)18-6-2-14(30(39)40)10-22(18)28(33)37)12-20(24)21-13-17(5-9-25(21)32)34-27(36)19-7-3-15(31(41)42)11-23(19)29(34)38/h2-13H,1H3,(H,39,40)(H,41,42). The zero-order valence-electron chi connectivity index (χ0n) is 21.6. The third-order valence-corrected chi connectivity index (χ3v) is 7.76. The molecule has 0 spiro atoms. The molecule has 0 fully saturated rings. The number of carbonyl (C=O) groups is 6. The number of aromatic carboxylic acids is 2. The summed E-state index contributed by atoms with van der Waals surface area (Å²) in [6.07, 6.45) is 0. The number of hydrogen-bond donors (Lipinski definition) is 2. The number of carboxylic acids is 2. The lowest BCUT2D eigenvalue weighted by Crippen LogP contribution is -2.29. The van der Waals surface area contributed by atoms with E-state index in [4.69, 9.17) is 0 Å². The summed E-state index contributed by atoms with van der Waals surface area (Å²) in [7, 11) is 1.83. The maximum Gasteiger partial charge on any atom is 0.335 e. The predicted molar refractivity (Wildman–Crippen MR) is 150 cm³/mol. The summed E-state index contributed by atoms with van der Waals surface area (Å²) >= 11 is 0. The molecule has 1 aromatic heterocycles. The van der Waals surface area contributed by atoms with Crippen molar-refractivity contribution in [3.05, 3.63) is 106 Å². The fraction of sp³-hybridized carbons (Fsp3) is 0.0323. The highest BCUT2D eigenvalue weighted by Crippen LogP contribution is 2.38. The fourth-order valence-electron chi connectivity index (χ4n) is 5.69. The number of imide groups is 2. The van der Waals surface area contributed by atoms with E-state index in [1.807, 2.05) is 11.6 Å². The maximum atomic E-state index is 13.3. The predicted octanol–water partition coefficient (Wildman–Crippen LogP) is 4.33. The highest BCUT2D eigenvalue weighted by molar-refractivity contribution is 6.36. The number of carbonyl (C=O) groups excluding carboxylic acids is 4. The van der Waals surface area contributed by atoms with Gasteiger partial charge in [-0.05, 0) is 72.8 Å². The van der Waals surface area contributed by atoms with E-state index in [-0.39, 0.29) is 44.8 Å². The van der Waals surface area contributed by atoms with Crippen LogP contribution in [0.4, 0.5) is 11.4 Å². The molecule has 204 valence electrons. The number of carboxylic acid groups (broad SMARTS) is 2. The first-order valence-electron chi connectivity index (χ1n) is 12.6. The lowest BCUT2D eigenvalue weighted by atomic mass is 10.1. The van der Waals surface area contributed by atoms with Crippen LogP contribution in [0.2, 0.25) is 0 Å². The van der Waals surface area contributed by atoms with Crippen molar-refractivity contribution in [2.45, 2.75) is 0 Å². The van der Waals surface area contributed by atoms with Gasteiger partial charge in [-0.3, -0.25) is 19.2 Å². The molecule has 0 atom stereocenters. The van der Waals surface area contributed by atoms with Gasteiger partial charge in [-0.15, -0.1) is 0 Å². The molecule has 0 unspecified atom stereocenters. The van der Waals surface area contributed by atoms with Crippen LogP contribution < -0.4 is 9.80 Å². The summed E-state index contributed by atoms with van der Waals surface area (Å²) in [5.74, 6) is -4.90. The van der Waals surface area contributed by atoms with Gasteiger partial charge in [0.25, 0.3) is 23.6 Å². The molecule has 0 bridgehead atoms. The Bertz CT molecular complexity index is 2010. The molecule has 5 aromatic rings. The van der Waals surface area contributed by atoms with Crippen LogP contribution in [0.25, 0.3) is 21.8 Å². The van der Waals surface area contributed by atoms with E-state index < -0.39 is 35.6 Å². The van der Waals surface area contributed by atoms with Gasteiger partial charge in [0, 0.05) is 28.9 Å². The first kappa shape index (κ1) is 24.9. The SMILES string of the molecule is Cn1c2ccc(N3C(=O)c4ccc(C(=O)O)cc4C3=O)cc2c2cc(N3C(=O)c4ccc(C(=O)O)cc4C3=O)ccc21. The molecule has 4 aromatic carbocycles. The Labute approximate surface area is 235 Å². The number of rotatable bonds is 4. The van der Waals surface area contributed by atoms with Crippen molar-refractivity contribution >= 4 is 68.7 Å². The van der Waals surface area contributed by atoms with Crippen molar-refractivity contribution in [3.63, 3.8) is 0 Å². The van der Waals surface area contributed by atoms with Gasteiger partial charge in [0.15, 0.2) is 0 Å². The van der Waals surface area contributed by atoms with Crippen LogP contribution in [-0.2, 0) is 7.05 Å². The van der Waals surface area contributed by atoms with Gasteiger partial charge >= 0.3 is 11.9 Å². The first-order chi connectivity index (χ1) is 20.1. The topological polar surface area (TPSA) is 154 Å². The molecule has 0 radical (unpaired) electrons. The van der Waals surface area contributed by atoms with Crippen LogP contribution in [0.5, 0.6) is 0 Å². The molecule has 11 nitrogen and oxygen atoms in total. The van der Waals surface area contributed by atoms with Crippen molar-refractivity contribution < 1.29 is 39.0 Å². The van der Waals surface area contributed by atoms with Crippen LogP contribution in [0.15, 0.2) is 72.8 Å². The average Bonchev–Trinajstić information content (AvgIpc) is 3.51. The Hall–Kier alpha value is -6.10. The smallest absolute Gasteiger partial charge is 0.335 e. The number of benzene rings is 4. The van der Waals surface area contributed by atoms with Crippen LogP contribution in [0, 0.1) is 0 Å². The van der Waals surface area contributed by atoms with E-state index >= 15 is 0 Å². The average molecular weight is 559 g/mol. The molecule has 11 heteroatoms. The van der Waals surface area contributed by atoms with Crippen molar-refractivity contribution in [1.29, 1.82) is 0 Å². The van der Waals surface area contributed by atoms with E-state index in [2.05, 4.69) is 0 Å². The molecule has 0 saturated heterocycles. The molecule has 0 saturated carbocycles. The lowest BCUT2D eigenvalue weighted by molar-refractivity contribution is 0.0686. The number of hydrogen-bond acceptors (Lipinski definition) is 6. The minimum Gasteiger partial charge on any atom is -0.478 e. The Balaban J connectivity index is 1.33. The summed E-state index contributed by atoms with van der Waals surface area (Å²) < 4.78 is 1.89. The number of fused-ring (bicyclic) bond motifs is 5. The van der Waals surface area contributed by atoms with Crippen molar-refractivity contribution in [1.82, 2.24) is 4.57 Å². The van der Waals surface area contributed by atoms with Crippen molar-refractivity contribution in [2.24, 2.45) is 7.05 Å². The summed E-state index contributed by atoms with van der Waals surface area (Å²) in [6, 6.07) is 17.6. The Morgan fingerprint density at radius 3 is 1.29 bits per heavy atom. The Morgan fingerprint density at radius 2 is 0.905 bits per heavy atom. The van der Waals surface area contributed by atoms with Gasteiger partial charge < -0.3 is 14.8 Å². The fourth-order valence-corrected chi connectivity index (χ4v) is 5.69. The molecule has 2 N–H and O–H groups in total. The zero-order valence-corrected chi connectivity index (χ0v) is 21.6. The molecular weight excluding hydrogens is 542 g/mol. The summed E-state index contributed by atoms with van der Waals surface area (Å²) in [4.78, 5) is 77.7. The van der Waals surface area contributed by atoms with Crippen LogP contribution >= 0.6 is 0 Å². The van der Waals surface area contributed by atoms with E-state index in [0.29, 0.717) is 10.8 Å². The lowest BCUT2D eigenvalue weighted by Gasteiger charge is -2.15. The molecule has 2 aliphatic heterocycles. The quantitative estimate of drug-likeness (QED) is 0.309. The van der Waals surface area contributed by atoms with Crippen LogP contribution in [0.1, 0.15) is 62.1 Å². The van der Waals surface area contributed by atoms with E-state index in [1.54, 1.807) is 36.4 Å². The van der Waals surface area contributed by atoms with E-state index in [9.17, 15) is 39.0 Å². The summed E-state index contributed by atoms with van der Waals surface area (Å²) in [5.41, 5.74) is 2.02. The van der Waals surface area contributed by atoms with Gasteiger partial charge in [-0.25, -0.2) is 19.4 Å². The second kappa shape index (κ2) is 8.45. The molecule has 7 rings (SSSR count). The zero-order chi connectivity index (χ0) is 29.6. The second-order valence-corrected chi connectivity index (χ2v) is 9.98. The third-order valence-electron chi connectivity index (χ3n) is 7.76. The Morgan fingerprint density at radius 1 is 0.524 bits per heavy atom. The highest BCUT2D eigenvalue weighted by atomic mass is 16.4. The number of nitrogens with zero attached hydrogens (tertiary/aromatic N) is 3. The maximum absolute atomic E-state index is 13.3. The highest BCUT2D eigenvalue weighted by Gasteiger charge is 2.39. The van der Waals surface area contributed by atoms with Crippen molar-refractivity contribution in [2.75, 3.05) is 9.80 Å². The molecule has 42 heavy (non-hydrogen) atoms. The monoisotopic (exact) mass is 559 g/mol. The van der Waals surface area contributed by atoms with Gasteiger partial charge in [-0.1, -0.05) is 0 Å². The minimum absolute atomic E-state index is 0.00289. The second-order valence-electron chi connectivity index (χ2n) is 9.98.